The summed E-state index contributed by atoms with van der Waals surface area (Å²) < 4.78 is 0. The maximum absolute atomic E-state index is 9.21. The fraction of sp³-hybridized carbons (Fsp3) is 0.632. The minimum absolute atomic E-state index is 0.260. The van der Waals surface area contributed by atoms with Crippen LogP contribution in [0.1, 0.15) is 55.7 Å². The molecule has 3 rings (SSSR count). The molecule has 3 atom stereocenters. The average Bonchev–Trinajstić information content (AvgIpc) is 2.53. The molecule has 1 aromatic rings. The number of hydrogen-bond donors (Lipinski definition) is 1. The van der Waals surface area contributed by atoms with Gasteiger partial charge in [-0.2, -0.15) is 5.26 Å². The molecule has 2 aliphatic rings. The van der Waals surface area contributed by atoms with Crippen LogP contribution >= 0.6 is 0 Å². The van der Waals surface area contributed by atoms with Crippen molar-refractivity contribution in [3.63, 3.8) is 0 Å². The van der Waals surface area contributed by atoms with Gasteiger partial charge in [0.05, 0.1) is 5.56 Å². The van der Waals surface area contributed by atoms with Crippen molar-refractivity contribution in [3.8, 4) is 6.07 Å². The molecule has 1 aromatic carbocycles. The summed E-state index contributed by atoms with van der Waals surface area (Å²) in [5.74, 6) is 0.700. The van der Waals surface area contributed by atoms with Crippen molar-refractivity contribution >= 4 is 5.69 Å². The topological polar surface area (TPSA) is 53.1 Å². The van der Waals surface area contributed by atoms with E-state index >= 15 is 0 Å². The van der Waals surface area contributed by atoms with Crippen LogP contribution in [0.4, 0.5) is 5.69 Å². The van der Waals surface area contributed by atoms with Crippen LogP contribution in [0.25, 0.3) is 0 Å². The Morgan fingerprint density at radius 1 is 1.32 bits per heavy atom. The molecule has 0 radical (unpaired) electrons. The second-order valence-electron chi connectivity index (χ2n) is 7.35. The molecule has 1 saturated heterocycles. The van der Waals surface area contributed by atoms with E-state index in [4.69, 9.17) is 5.73 Å². The molecule has 2 N–H and O–H groups in total. The smallest absolute Gasteiger partial charge is 0.101 e. The quantitative estimate of drug-likeness (QED) is 0.806. The lowest BCUT2D eigenvalue weighted by Gasteiger charge is -2.54. The fourth-order valence-electron chi connectivity index (χ4n) is 4.99. The van der Waals surface area contributed by atoms with Crippen molar-refractivity contribution in [1.82, 2.24) is 4.90 Å². The van der Waals surface area contributed by atoms with E-state index in [0.29, 0.717) is 23.2 Å². The van der Waals surface area contributed by atoms with Crippen LogP contribution in [0.5, 0.6) is 0 Å². The Balaban J connectivity index is 2.11. The zero-order chi connectivity index (χ0) is 15.9. The minimum Gasteiger partial charge on any atom is -0.398 e. The summed E-state index contributed by atoms with van der Waals surface area (Å²) >= 11 is 0. The number of nitriles is 1. The van der Waals surface area contributed by atoms with Gasteiger partial charge in [-0.25, -0.2) is 0 Å². The van der Waals surface area contributed by atoms with Crippen molar-refractivity contribution < 1.29 is 0 Å². The number of hydrogen-bond acceptors (Lipinski definition) is 3. The number of fused-ring (bicyclic) bond motifs is 1. The van der Waals surface area contributed by atoms with E-state index in [1.807, 2.05) is 6.07 Å². The molecule has 1 aliphatic carbocycles. The molecule has 0 spiro atoms. The van der Waals surface area contributed by atoms with Gasteiger partial charge in [-0.1, -0.05) is 12.8 Å². The summed E-state index contributed by atoms with van der Waals surface area (Å²) in [6.45, 7) is 5.68. The lowest BCUT2D eigenvalue weighted by Crippen LogP contribution is -2.55. The Labute approximate surface area is 134 Å². The predicted molar refractivity (Wildman–Crippen MR) is 90.7 cm³/mol. The standard InChI is InChI=1S/C19H27N3/c1-13-10-15(12-20)18(21)11-17(13)19-7-5-4-6-16(19)14(2)22(3)9-8-19/h10-11,14,16H,4-9,21H2,1-3H3. The molecule has 22 heavy (non-hydrogen) atoms. The Morgan fingerprint density at radius 3 is 2.82 bits per heavy atom. The molecule has 0 bridgehead atoms. The van der Waals surface area contributed by atoms with E-state index in [1.54, 1.807) is 0 Å². The molecule has 0 amide bonds. The van der Waals surface area contributed by atoms with Gasteiger partial charge in [0.1, 0.15) is 6.07 Å². The number of nitrogens with zero attached hydrogens (tertiary/aromatic N) is 2. The highest BCUT2D eigenvalue weighted by Gasteiger charge is 2.48. The number of likely N-dealkylation sites (tertiary alicyclic amines) is 1. The summed E-state index contributed by atoms with van der Waals surface area (Å²) in [4.78, 5) is 2.51. The highest BCUT2D eigenvalue weighted by atomic mass is 15.1. The summed E-state index contributed by atoms with van der Waals surface area (Å²) in [6.07, 6.45) is 6.44. The Morgan fingerprint density at radius 2 is 2.09 bits per heavy atom. The van der Waals surface area contributed by atoms with Crippen molar-refractivity contribution in [3.05, 3.63) is 28.8 Å². The third-order valence-electron chi connectivity index (χ3n) is 6.34. The SMILES string of the molecule is Cc1cc(C#N)c(N)cc1C12CCCCC1C(C)N(C)CC2. The van der Waals surface area contributed by atoms with Crippen molar-refractivity contribution in [2.24, 2.45) is 5.92 Å². The number of benzene rings is 1. The first-order chi connectivity index (χ1) is 10.5. The first-order valence-electron chi connectivity index (χ1n) is 8.50. The van der Waals surface area contributed by atoms with E-state index in [1.165, 1.54) is 43.2 Å². The summed E-state index contributed by atoms with van der Waals surface area (Å²) in [5, 5.41) is 9.21. The first-order valence-corrected chi connectivity index (χ1v) is 8.50. The van der Waals surface area contributed by atoms with Crippen molar-refractivity contribution in [2.75, 3.05) is 19.3 Å². The van der Waals surface area contributed by atoms with Crippen LogP contribution < -0.4 is 5.73 Å². The van der Waals surface area contributed by atoms with Gasteiger partial charge in [-0.3, -0.25) is 0 Å². The molecular formula is C19H27N3. The highest BCUT2D eigenvalue weighted by molar-refractivity contribution is 5.59. The zero-order valence-electron chi connectivity index (χ0n) is 14.0. The largest absolute Gasteiger partial charge is 0.398 e. The zero-order valence-corrected chi connectivity index (χ0v) is 14.0. The van der Waals surface area contributed by atoms with E-state index in [-0.39, 0.29) is 5.41 Å². The second-order valence-corrected chi connectivity index (χ2v) is 7.35. The molecule has 1 aliphatic heterocycles. The molecule has 1 saturated carbocycles. The van der Waals surface area contributed by atoms with Gasteiger partial charge in [0.15, 0.2) is 0 Å². The summed E-state index contributed by atoms with van der Waals surface area (Å²) in [7, 11) is 2.25. The summed E-state index contributed by atoms with van der Waals surface area (Å²) in [6, 6.07) is 6.94. The average molecular weight is 297 g/mol. The molecule has 3 nitrogen and oxygen atoms in total. The van der Waals surface area contributed by atoms with Gasteiger partial charge < -0.3 is 10.6 Å². The van der Waals surface area contributed by atoms with Gasteiger partial charge in [0, 0.05) is 17.1 Å². The molecule has 3 heteroatoms. The third-order valence-corrected chi connectivity index (χ3v) is 6.34. The van der Waals surface area contributed by atoms with Crippen molar-refractivity contribution in [1.29, 1.82) is 5.26 Å². The van der Waals surface area contributed by atoms with Crippen LogP contribution in [0.15, 0.2) is 12.1 Å². The minimum atomic E-state index is 0.260. The Kier molecular flexibility index (Phi) is 3.91. The third kappa shape index (κ3) is 2.21. The predicted octanol–water partition coefficient (Wildman–Crippen LogP) is 3.60. The fourth-order valence-corrected chi connectivity index (χ4v) is 4.99. The number of rotatable bonds is 1. The Hall–Kier alpha value is -1.53. The molecule has 1 heterocycles. The highest BCUT2D eigenvalue weighted by Crippen LogP contribution is 2.52. The van der Waals surface area contributed by atoms with Gasteiger partial charge in [-0.05, 0) is 75.9 Å². The van der Waals surface area contributed by atoms with Crippen LogP contribution in [0, 0.1) is 24.2 Å². The Bertz CT molecular complexity index is 616. The first kappa shape index (κ1) is 15.4. The van der Waals surface area contributed by atoms with Crippen LogP contribution in [-0.2, 0) is 5.41 Å². The van der Waals surface area contributed by atoms with E-state index in [0.717, 1.165) is 6.54 Å². The van der Waals surface area contributed by atoms with E-state index < -0.39 is 0 Å². The number of nitrogens with two attached hydrogens (primary N) is 1. The van der Waals surface area contributed by atoms with Crippen molar-refractivity contribution in [2.45, 2.75) is 57.4 Å². The van der Waals surface area contributed by atoms with Gasteiger partial charge in [0.2, 0.25) is 0 Å². The lowest BCUT2D eigenvalue weighted by molar-refractivity contribution is 0.0226. The van der Waals surface area contributed by atoms with Crippen LogP contribution in [-0.4, -0.2) is 24.5 Å². The van der Waals surface area contributed by atoms with E-state index in [2.05, 4.69) is 37.9 Å². The van der Waals surface area contributed by atoms with Crippen LogP contribution in [0.2, 0.25) is 0 Å². The van der Waals surface area contributed by atoms with Gasteiger partial charge >= 0.3 is 0 Å². The lowest BCUT2D eigenvalue weighted by atomic mass is 9.56. The summed E-state index contributed by atoms with van der Waals surface area (Å²) in [5.41, 5.74) is 10.3. The van der Waals surface area contributed by atoms with Crippen LogP contribution in [0.3, 0.4) is 0 Å². The normalized spacial score (nSPS) is 32.3. The number of nitrogen functional groups attached to an aromatic ring is 1. The molecule has 3 unspecified atom stereocenters. The molecule has 0 aromatic heterocycles. The number of piperidine rings is 1. The number of anilines is 1. The van der Waals surface area contributed by atoms with E-state index in [9.17, 15) is 5.26 Å². The number of aryl methyl sites for hydroxylation is 1. The molecule has 118 valence electrons. The molecular weight excluding hydrogens is 270 g/mol. The maximum atomic E-state index is 9.21. The van der Waals surface area contributed by atoms with Gasteiger partial charge in [-0.15, -0.1) is 0 Å². The maximum Gasteiger partial charge on any atom is 0.101 e. The second kappa shape index (κ2) is 5.59. The molecule has 2 fully saturated rings. The monoisotopic (exact) mass is 297 g/mol. The van der Waals surface area contributed by atoms with Gasteiger partial charge in [0.25, 0.3) is 0 Å².